The molecule has 0 spiro atoms. The number of rotatable bonds is 3. The molecule has 0 fully saturated rings. The normalized spacial score (nSPS) is 9.87. The van der Waals surface area contributed by atoms with Gasteiger partial charge in [-0.15, -0.1) is 12.4 Å². The zero-order valence-corrected chi connectivity index (χ0v) is 9.85. The van der Waals surface area contributed by atoms with Gasteiger partial charge in [0.05, 0.1) is 6.42 Å². The monoisotopic (exact) mass is 240 g/mol. The van der Waals surface area contributed by atoms with Crippen LogP contribution in [0.2, 0.25) is 0 Å². The summed E-state index contributed by atoms with van der Waals surface area (Å²) in [7, 11) is 0. The number of ether oxygens (including phenoxy) is 1. The molecule has 0 saturated carbocycles. The molecule has 0 rings (SSSR count). The summed E-state index contributed by atoms with van der Waals surface area (Å²) >= 11 is 0. The van der Waals surface area contributed by atoms with E-state index >= 15 is 0 Å². The van der Waals surface area contributed by atoms with Crippen molar-refractivity contribution in [2.75, 3.05) is 6.54 Å². The zero-order chi connectivity index (χ0) is 11.2. The van der Waals surface area contributed by atoms with E-state index in [4.69, 9.17) is 4.74 Å². The SMILES string of the molecule is CC(C)(C)OC(=O)NCCC(=O)ON.Cl. The molecule has 15 heavy (non-hydrogen) atoms. The first-order valence-corrected chi connectivity index (χ1v) is 4.21. The Hall–Kier alpha value is -1.01. The predicted molar refractivity (Wildman–Crippen MR) is 56.4 cm³/mol. The lowest BCUT2D eigenvalue weighted by molar-refractivity contribution is -0.144. The minimum absolute atomic E-state index is 0. The van der Waals surface area contributed by atoms with Gasteiger partial charge in [0.15, 0.2) is 0 Å². The van der Waals surface area contributed by atoms with Gasteiger partial charge in [-0.05, 0) is 20.8 Å². The summed E-state index contributed by atoms with van der Waals surface area (Å²) in [4.78, 5) is 25.5. The summed E-state index contributed by atoms with van der Waals surface area (Å²) in [5.41, 5.74) is -0.543. The van der Waals surface area contributed by atoms with Crippen LogP contribution < -0.4 is 11.2 Å². The number of carbonyl (C=O) groups excluding carboxylic acids is 2. The van der Waals surface area contributed by atoms with E-state index in [-0.39, 0.29) is 25.4 Å². The van der Waals surface area contributed by atoms with Crippen LogP contribution in [-0.2, 0) is 14.4 Å². The second-order valence-electron chi connectivity index (χ2n) is 3.67. The Morgan fingerprint density at radius 3 is 2.27 bits per heavy atom. The molecular weight excluding hydrogens is 224 g/mol. The molecule has 0 aliphatic rings. The summed E-state index contributed by atoms with van der Waals surface area (Å²) in [5.74, 6) is 4.01. The number of nitrogens with two attached hydrogens (primary N) is 1. The molecule has 0 aliphatic heterocycles. The molecule has 7 heteroatoms. The van der Waals surface area contributed by atoms with Crippen LogP contribution in [0.5, 0.6) is 0 Å². The topological polar surface area (TPSA) is 90.6 Å². The minimum Gasteiger partial charge on any atom is -0.444 e. The van der Waals surface area contributed by atoms with Crippen molar-refractivity contribution in [1.29, 1.82) is 0 Å². The van der Waals surface area contributed by atoms with Crippen molar-refractivity contribution >= 4 is 24.5 Å². The number of amides is 1. The van der Waals surface area contributed by atoms with Crippen LogP contribution in [0.4, 0.5) is 4.79 Å². The van der Waals surface area contributed by atoms with E-state index in [2.05, 4.69) is 16.1 Å². The van der Waals surface area contributed by atoms with Crippen molar-refractivity contribution in [3.05, 3.63) is 0 Å². The van der Waals surface area contributed by atoms with Gasteiger partial charge >= 0.3 is 12.1 Å². The molecule has 0 saturated heterocycles. The molecule has 0 aromatic carbocycles. The van der Waals surface area contributed by atoms with E-state index in [1.165, 1.54) is 0 Å². The van der Waals surface area contributed by atoms with E-state index in [1.54, 1.807) is 20.8 Å². The molecule has 90 valence electrons. The highest BCUT2D eigenvalue weighted by Crippen LogP contribution is 2.06. The maximum absolute atomic E-state index is 11.0. The molecule has 6 nitrogen and oxygen atoms in total. The first-order chi connectivity index (χ1) is 6.35. The smallest absolute Gasteiger partial charge is 0.407 e. The lowest BCUT2D eigenvalue weighted by Crippen LogP contribution is -2.33. The Bertz CT molecular complexity index is 215. The van der Waals surface area contributed by atoms with E-state index in [0.29, 0.717) is 0 Å². The summed E-state index contributed by atoms with van der Waals surface area (Å²) < 4.78 is 4.92. The maximum Gasteiger partial charge on any atom is 0.407 e. The third kappa shape index (κ3) is 10.9. The fraction of sp³-hybridized carbons (Fsp3) is 0.750. The lowest BCUT2D eigenvalue weighted by Gasteiger charge is -2.19. The molecule has 0 aromatic rings. The van der Waals surface area contributed by atoms with Crippen molar-refractivity contribution in [1.82, 2.24) is 5.32 Å². The van der Waals surface area contributed by atoms with Gasteiger partial charge in [0.2, 0.25) is 0 Å². The minimum atomic E-state index is -0.582. The van der Waals surface area contributed by atoms with Crippen LogP contribution in [0.15, 0.2) is 0 Å². The Morgan fingerprint density at radius 2 is 1.87 bits per heavy atom. The van der Waals surface area contributed by atoms with Crippen LogP contribution in [0.25, 0.3) is 0 Å². The van der Waals surface area contributed by atoms with Crippen molar-refractivity contribution in [2.24, 2.45) is 5.90 Å². The molecular formula is C8H17ClN2O4. The van der Waals surface area contributed by atoms with Gasteiger partial charge < -0.3 is 14.9 Å². The molecule has 0 radical (unpaired) electrons. The first-order valence-electron chi connectivity index (χ1n) is 4.21. The first kappa shape index (κ1) is 16.4. The molecule has 0 heterocycles. The molecule has 0 atom stereocenters. The van der Waals surface area contributed by atoms with Gasteiger partial charge in [0.25, 0.3) is 0 Å². The van der Waals surface area contributed by atoms with Gasteiger partial charge in [0, 0.05) is 6.54 Å². The average molecular weight is 241 g/mol. The van der Waals surface area contributed by atoms with Gasteiger partial charge in [-0.3, -0.25) is 4.79 Å². The summed E-state index contributed by atoms with van der Waals surface area (Å²) in [5, 5.41) is 2.39. The molecule has 1 amide bonds. The summed E-state index contributed by atoms with van der Waals surface area (Å²) in [6.07, 6.45) is -0.544. The standard InChI is InChI=1S/C8H16N2O4.ClH/c1-8(2,3)13-7(12)10-5-4-6(11)14-9;/h4-5,9H2,1-3H3,(H,10,12);1H. The summed E-state index contributed by atoms with van der Waals surface area (Å²) in [6.45, 7) is 5.40. The number of hydrogen-bond acceptors (Lipinski definition) is 5. The largest absolute Gasteiger partial charge is 0.444 e. The van der Waals surface area contributed by atoms with Crippen LogP contribution in [-0.4, -0.2) is 24.2 Å². The second kappa shape index (κ2) is 7.30. The van der Waals surface area contributed by atoms with Crippen LogP contribution >= 0.6 is 12.4 Å². The molecule has 3 N–H and O–H groups in total. The fourth-order valence-electron chi connectivity index (χ4n) is 0.640. The number of hydrogen-bond donors (Lipinski definition) is 2. The predicted octanol–water partition coefficient (Wildman–Crippen LogP) is 0.740. The van der Waals surface area contributed by atoms with Crippen LogP contribution in [0, 0.1) is 0 Å². The van der Waals surface area contributed by atoms with Crippen molar-refractivity contribution < 1.29 is 19.2 Å². The van der Waals surface area contributed by atoms with Gasteiger partial charge in [-0.1, -0.05) is 0 Å². The Balaban J connectivity index is 0. The molecule has 0 aromatic heterocycles. The molecule has 0 unspecified atom stereocenters. The highest BCUT2D eigenvalue weighted by atomic mass is 35.5. The molecule has 0 bridgehead atoms. The highest BCUT2D eigenvalue weighted by Gasteiger charge is 2.15. The van der Waals surface area contributed by atoms with E-state index < -0.39 is 17.7 Å². The van der Waals surface area contributed by atoms with Crippen molar-refractivity contribution in [2.45, 2.75) is 32.8 Å². The number of alkyl carbamates (subject to hydrolysis) is 1. The second-order valence-corrected chi connectivity index (χ2v) is 3.67. The van der Waals surface area contributed by atoms with Crippen molar-refractivity contribution in [3.8, 4) is 0 Å². The van der Waals surface area contributed by atoms with Gasteiger partial charge in [0.1, 0.15) is 5.60 Å². The van der Waals surface area contributed by atoms with E-state index in [9.17, 15) is 9.59 Å². The van der Waals surface area contributed by atoms with Crippen LogP contribution in [0.1, 0.15) is 27.2 Å². The van der Waals surface area contributed by atoms with Crippen molar-refractivity contribution in [3.63, 3.8) is 0 Å². The Kier molecular flexibility index (Phi) is 8.00. The Labute approximate surface area is 94.8 Å². The lowest BCUT2D eigenvalue weighted by atomic mass is 10.2. The number of nitrogens with one attached hydrogen (secondary N) is 1. The van der Waals surface area contributed by atoms with Crippen LogP contribution in [0.3, 0.4) is 0 Å². The van der Waals surface area contributed by atoms with Gasteiger partial charge in [-0.2, -0.15) is 5.90 Å². The Morgan fingerprint density at radius 1 is 1.33 bits per heavy atom. The van der Waals surface area contributed by atoms with E-state index in [1.807, 2.05) is 0 Å². The summed E-state index contributed by atoms with van der Waals surface area (Å²) in [6, 6.07) is 0. The maximum atomic E-state index is 11.0. The molecule has 0 aliphatic carbocycles. The fourth-order valence-corrected chi connectivity index (χ4v) is 0.640. The zero-order valence-electron chi connectivity index (χ0n) is 9.03. The van der Waals surface area contributed by atoms with Gasteiger partial charge in [-0.25, -0.2) is 4.79 Å². The number of carbonyl (C=O) groups is 2. The third-order valence-electron chi connectivity index (χ3n) is 1.13. The third-order valence-corrected chi connectivity index (χ3v) is 1.13. The quantitative estimate of drug-likeness (QED) is 0.710. The van der Waals surface area contributed by atoms with E-state index in [0.717, 1.165) is 0 Å². The average Bonchev–Trinajstić information content (AvgIpc) is 2.00. The number of halogens is 1. The highest BCUT2D eigenvalue weighted by molar-refractivity contribution is 5.85.